The van der Waals surface area contributed by atoms with E-state index in [0.29, 0.717) is 5.71 Å². The van der Waals surface area contributed by atoms with Gasteiger partial charge in [0.15, 0.2) is 0 Å². The molecular formula is C24H32N4O3. The fourth-order valence-corrected chi connectivity index (χ4v) is 4.93. The van der Waals surface area contributed by atoms with Gasteiger partial charge in [0.2, 0.25) is 5.88 Å². The number of nitrogens with one attached hydrogen (secondary N) is 1. The van der Waals surface area contributed by atoms with E-state index in [1.165, 1.54) is 10.1 Å². The summed E-state index contributed by atoms with van der Waals surface area (Å²) in [5.41, 5.74) is 0.862. The maximum absolute atomic E-state index is 12.5. The smallest absolute Gasteiger partial charge is 0.331 e. The number of aliphatic imine (C=N–C) groups is 1. The summed E-state index contributed by atoms with van der Waals surface area (Å²) in [4.78, 5) is 34.5. The number of piperidine rings is 1. The molecule has 166 valence electrons. The molecule has 1 aromatic heterocycles. The van der Waals surface area contributed by atoms with Crippen molar-refractivity contribution in [3.63, 3.8) is 0 Å². The Hall–Kier alpha value is -2.67. The Balaban J connectivity index is 1.48. The predicted octanol–water partition coefficient (Wildman–Crippen LogP) is 3.22. The van der Waals surface area contributed by atoms with Gasteiger partial charge in [-0.1, -0.05) is 49.6 Å². The van der Waals surface area contributed by atoms with Crippen LogP contribution in [0.5, 0.6) is 5.88 Å². The van der Waals surface area contributed by atoms with Crippen LogP contribution in [0.3, 0.4) is 0 Å². The van der Waals surface area contributed by atoms with Gasteiger partial charge in [-0.15, -0.1) is 0 Å². The Morgan fingerprint density at radius 2 is 1.74 bits per heavy atom. The van der Waals surface area contributed by atoms with E-state index in [1.807, 2.05) is 6.07 Å². The first-order chi connectivity index (χ1) is 15.0. The molecule has 1 saturated heterocycles. The molecule has 1 aliphatic heterocycles. The Bertz CT molecular complexity index is 1030. The highest BCUT2D eigenvalue weighted by Gasteiger charge is 2.25. The fraction of sp³-hybridized carbons (Fsp3) is 0.542. The van der Waals surface area contributed by atoms with Crippen LogP contribution in [-0.4, -0.2) is 44.4 Å². The molecule has 1 aromatic carbocycles. The van der Waals surface area contributed by atoms with Gasteiger partial charge in [0, 0.05) is 25.7 Å². The molecule has 1 saturated carbocycles. The molecule has 2 aliphatic rings. The van der Waals surface area contributed by atoms with Gasteiger partial charge in [-0.3, -0.25) is 24.2 Å². The second kappa shape index (κ2) is 9.64. The minimum Gasteiger partial charge on any atom is -0.494 e. The van der Waals surface area contributed by atoms with Crippen molar-refractivity contribution in [2.24, 2.45) is 4.99 Å². The van der Waals surface area contributed by atoms with Crippen molar-refractivity contribution in [2.75, 3.05) is 13.1 Å². The Morgan fingerprint density at radius 3 is 2.42 bits per heavy atom. The van der Waals surface area contributed by atoms with Crippen LogP contribution in [0.25, 0.3) is 0 Å². The number of aromatic amines is 1. The highest BCUT2D eigenvalue weighted by molar-refractivity contribution is 6.00. The summed E-state index contributed by atoms with van der Waals surface area (Å²) in [5.74, 6) is -0.233. The summed E-state index contributed by atoms with van der Waals surface area (Å²) in [7, 11) is 0. The third kappa shape index (κ3) is 4.98. The van der Waals surface area contributed by atoms with E-state index in [1.54, 1.807) is 6.92 Å². The van der Waals surface area contributed by atoms with Crippen molar-refractivity contribution in [1.82, 2.24) is 14.5 Å². The molecule has 1 aliphatic carbocycles. The molecule has 0 atom stereocenters. The van der Waals surface area contributed by atoms with Gasteiger partial charge in [0.05, 0.1) is 11.8 Å². The van der Waals surface area contributed by atoms with Crippen LogP contribution in [0.15, 0.2) is 44.9 Å². The van der Waals surface area contributed by atoms with Crippen LogP contribution in [0.1, 0.15) is 69.0 Å². The number of aromatic hydroxyl groups is 1. The SMILES string of the molecule is CC(=NC1CCN(Cc2ccccc2)CC1)c1c(O)n(C2CCCCC2)c(=O)[nH]c1=O. The zero-order valence-corrected chi connectivity index (χ0v) is 18.2. The van der Waals surface area contributed by atoms with Crippen molar-refractivity contribution in [3.05, 3.63) is 62.3 Å². The average Bonchev–Trinajstić information content (AvgIpc) is 2.76. The van der Waals surface area contributed by atoms with Crippen LogP contribution in [0.4, 0.5) is 0 Å². The van der Waals surface area contributed by atoms with E-state index < -0.39 is 11.2 Å². The molecule has 2 heterocycles. The second-order valence-electron chi connectivity index (χ2n) is 8.83. The molecule has 0 radical (unpaired) electrons. The van der Waals surface area contributed by atoms with Crippen molar-refractivity contribution < 1.29 is 5.11 Å². The zero-order valence-electron chi connectivity index (χ0n) is 18.2. The number of likely N-dealkylation sites (tertiary alicyclic amines) is 1. The summed E-state index contributed by atoms with van der Waals surface area (Å²) >= 11 is 0. The summed E-state index contributed by atoms with van der Waals surface area (Å²) in [5, 5.41) is 10.9. The largest absolute Gasteiger partial charge is 0.494 e. The maximum Gasteiger partial charge on any atom is 0.331 e. The molecule has 2 N–H and O–H groups in total. The molecule has 7 nitrogen and oxygen atoms in total. The van der Waals surface area contributed by atoms with Crippen LogP contribution >= 0.6 is 0 Å². The lowest BCUT2D eigenvalue weighted by molar-refractivity contribution is 0.206. The lowest BCUT2D eigenvalue weighted by Gasteiger charge is -2.30. The Morgan fingerprint density at radius 1 is 1.06 bits per heavy atom. The monoisotopic (exact) mass is 424 g/mol. The minimum absolute atomic E-state index is 0.0640. The average molecular weight is 425 g/mol. The van der Waals surface area contributed by atoms with Gasteiger partial charge >= 0.3 is 5.69 Å². The van der Waals surface area contributed by atoms with Crippen molar-refractivity contribution in [2.45, 2.75) is 70.5 Å². The highest BCUT2D eigenvalue weighted by atomic mass is 16.3. The lowest BCUT2D eigenvalue weighted by atomic mass is 9.95. The second-order valence-corrected chi connectivity index (χ2v) is 8.83. The summed E-state index contributed by atoms with van der Waals surface area (Å²) < 4.78 is 1.37. The minimum atomic E-state index is -0.558. The number of aromatic nitrogens is 2. The van der Waals surface area contributed by atoms with Crippen LogP contribution in [0.2, 0.25) is 0 Å². The van der Waals surface area contributed by atoms with E-state index >= 15 is 0 Å². The molecule has 0 spiro atoms. The standard InChI is InChI=1S/C24H32N4O3/c1-17(25-19-12-14-27(15-13-19)16-18-8-4-2-5-9-18)21-22(29)26-24(31)28(23(21)30)20-10-6-3-7-11-20/h2,4-5,8-9,19-20,30H,3,6-7,10-16H2,1H3,(H,26,29,31). The van der Waals surface area contributed by atoms with Crippen LogP contribution < -0.4 is 11.2 Å². The van der Waals surface area contributed by atoms with Crippen LogP contribution in [-0.2, 0) is 6.54 Å². The number of nitrogens with zero attached hydrogens (tertiary/aromatic N) is 3. The maximum atomic E-state index is 12.5. The summed E-state index contributed by atoms with van der Waals surface area (Å²) in [6.45, 7) is 4.58. The third-order valence-corrected chi connectivity index (χ3v) is 6.60. The molecule has 2 fully saturated rings. The fourth-order valence-electron chi connectivity index (χ4n) is 4.93. The molecule has 2 aromatic rings. The number of hydrogen-bond acceptors (Lipinski definition) is 5. The molecular weight excluding hydrogens is 392 g/mol. The van der Waals surface area contributed by atoms with Crippen molar-refractivity contribution in [3.8, 4) is 5.88 Å². The van der Waals surface area contributed by atoms with Gasteiger partial charge in [0.25, 0.3) is 5.56 Å². The number of benzene rings is 1. The van der Waals surface area contributed by atoms with Gasteiger partial charge in [-0.05, 0) is 38.2 Å². The van der Waals surface area contributed by atoms with E-state index in [0.717, 1.165) is 64.6 Å². The number of rotatable bonds is 5. The number of hydrogen-bond donors (Lipinski definition) is 2. The summed E-state index contributed by atoms with van der Waals surface area (Å²) in [6, 6.07) is 10.5. The Kier molecular flexibility index (Phi) is 6.70. The topological polar surface area (TPSA) is 90.7 Å². The zero-order chi connectivity index (χ0) is 21.8. The lowest BCUT2D eigenvalue weighted by Crippen LogP contribution is -2.37. The molecule has 31 heavy (non-hydrogen) atoms. The van der Waals surface area contributed by atoms with Gasteiger partial charge in [0.1, 0.15) is 5.56 Å². The summed E-state index contributed by atoms with van der Waals surface area (Å²) in [6.07, 6.45) is 6.70. The molecule has 0 bridgehead atoms. The quantitative estimate of drug-likeness (QED) is 0.721. The van der Waals surface area contributed by atoms with E-state index in [9.17, 15) is 14.7 Å². The first kappa shape index (κ1) is 21.6. The first-order valence-corrected chi connectivity index (χ1v) is 11.4. The third-order valence-electron chi connectivity index (χ3n) is 6.60. The Labute approximate surface area is 182 Å². The molecule has 4 rings (SSSR count). The van der Waals surface area contributed by atoms with Crippen molar-refractivity contribution in [1.29, 1.82) is 0 Å². The molecule has 0 amide bonds. The van der Waals surface area contributed by atoms with E-state index in [2.05, 4.69) is 34.1 Å². The predicted molar refractivity (Wildman–Crippen MR) is 122 cm³/mol. The molecule has 7 heteroatoms. The van der Waals surface area contributed by atoms with E-state index in [-0.39, 0.29) is 23.5 Å². The highest BCUT2D eigenvalue weighted by Crippen LogP contribution is 2.30. The van der Waals surface area contributed by atoms with Crippen molar-refractivity contribution >= 4 is 5.71 Å². The van der Waals surface area contributed by atoms with Gasteiger partial charge in [-0.25, -0.2) is 4.79 Å². The van der Waals surface area contributed by atoms with Crippen LogP contribution in [0, 0.1) is 0 Å². The number of H-pyrrole nitrogens is 1. The normalized spacial score (nSPS) is 19.6. The molecule has 0 unspecified atom stereocenters. The van der Waals surface area contributed by atoms with Gasteiger partial charge in [-0.2, -0.15) is 0 Å². The van der Waals surface area contributed by atoms with E-state index in [4.69, 9.17) is 4.99 Å². The first-order valence-electron chi connectivity index (χ1n) is 11.4. The van der Waals surface area contributed by atoms with Gasteiger partial charge < -0.3 is 5.11 Å².